The lowest BCUT2D eigenvalue weighted by Crippen LogP contribution is -2.11. The van der Waals surface area contributed by atoms with Gasteiger partial charge in [-0.3, -0.25) is 0 Å². The maximum atomic E-state index is 11.5. The minimum atomic E-state index is -0.682. The highest BCUT2D eigenvalue weighted by Crippen LogP contribution is 2.22. The van der Waals surface area contributed by atoms with Crippen LogP contribution in [0.15, 0.2) is 18.2 Å². The number of hydrogen-bond acceptors (Lipinski definition) is 5. The van der Waals surface area contributed by atoms with Gasteiger partial charge in [0.05, 0.1) is 6.61 Å². The Bertz CT molecular complexity index is 375. The number of benzene rings is 1. The summed E-state index contributed by atoms with van der Waals surface area (Å²) in [4.78, 5) is 11.5. The smallest absolute Gasteiger partial charge is 0.342 e. The average Bonchev–Trinajstić information content (AvgIpc) is 2.32. The van der Waals surface area contributed by atoms with Gasteiger partial charge in [-0.25, -0.2) is 4.79 Å². The lowest BCUT2D eigenvalue weighted by Gasteiger charge is -2.07. The van der Waals surface area contributed by atoms with Gasteiger partial charge in [-0.2, -0.15) is 0 Å². The highest BCUT2D eigenvalue weighted by molar-refractivity contribution is 5.92. The Morgan fingerprint density at radius 3 is 2.71 bits per heavy atom. The number of phenolic OH excluding ortho intramolecular Hbond substituents is 2. The summed E-state index contributed by atoms with van der Waals surface area (Å²) in [5.41, 5.74) is -0.0551. The third-order valence-electron chi connectivity index (χ3n) is 2.01. The lowest BCUT2D eigenvalue weighted by molar-refractivity contribution is 0.0315. The van der Waals surface area contributed by atoms with Crippen LogP contribution in [-0.2, 0) is 9.47 Å². The Kier molecular flexibility index (Phi) is 5.29. The Morgan fingerprint density at radius 1 is 1.24 bits per heavy atom. The van der Waals surface area contributed by atoms with E-state index in [0.717, 1.165) is 12.5 Å². The molecule has 0 bridgehead atoms. The summed E-state index contributed by atoms with van der Waals surface area (Å²) in [7, 11) is 0. The molecule has 0 unspecified atom stereocenters. The van der Waals surface area contributed by atoms with Crippen molar-refractivity contribution in [1.82, 2.24) is 0 Å². The first-order valence-electron chi connectivity index (χ1n) is 5.42. The SMILES string of the molecule is CCCOCCOC(=O)c1cc(O)ccc1O. The van der Waals surface area contributed by atoms with Crippen LogP contribution < -0.4 is 0 Å². The molecular formula is C12H16O5. The topological polar surface area (TPSA) is 76.0 Å². The van der Waals surface area contributed by atoms with Crippen LogP contribution in [-0.4, -0.2) is 36.0 Å². The molecule has 0 saturated heterocycles. The first kappa shape index (κ1) is 13.3. The van der Waals surface area contributed by atoms with Gasteiger partial charge in [0, 0.05) is 6.61 Å². The zero-order valence-electron chi connectivity index (χ0n) is 9.68. The number of ether oxygens (including phenoxy) is 2. The molecule has 5 nitrogen and oxygen atoms in total. The molecule has 0 saturated carbocycles. The third-order valence-corrected chi connectivity index (χ3v) is 2.01. The second kappa shape index (κ2) is 6.75. The lowest BCUT2D eigenvalue weighted by atomic mass is 10.2. The summed E-state index contributed by atoms with van der Waals surface area (Å²) in [5, 5.41) is 18.6. The number of esters is 1. The molecule has 17 heavy (non-hydrogen) atoms. The third kappa shape index (κ3) is 4.32. The van der Waals surface area contributed by atoms with Crippen molar-refractivity contribution in [3.8, 4) is 11.5 Å². The molecule has 0 atom stereocenters. The Morgan fingerprint density at radius 2 is 2.00 bits per heavy atom. The molecule has 0 spiro atoms. The van der Waals surface area contributed by atoms with Gasteiger partial charge in [0.25, 0.3) is 0 Å². The summed E-state index contributed by atoms with van der Waals surface area (Å²) < 4.78 is 10.0. The Hall–Kier alpha value is -1.75. The van der Waals surface area contributed by atoms with Crippen LogP contribution in [0, 0.1) is 0 Å². The molecule has 2 N–H and O–H groups in total. The van der Waals surface area contributed by atoms with Gasteiger partial charge in [-0.1, -0.05) is 6.92 Å². The fraction of sp³-hybridized carbons (Fsp3) is 0.417. The van der Waals surface area contributed by atoms with E-state index in [1.54, 1.807) is 0 Å². The van der Waals surface area contributed by atoms with Gasteiger partial charge >= 0.3 is 5.97 Å². The predicted octanol–water partition coefficient (Wildman–Crippen LogP) is 1.68. The second-order valence-electron chi connectivity index (χ2n) is 3.45. The first-order chi connectivity index (χ1) is 8.15. The van der Waals surface area contributed by atoms with Crippen molar-refractivity contribution in [2.24, 2.45) is 0 Å². The second-order valence-corrected chi connectivity index (χ2v) is 3.45. The fourth-order valence-corrected chi connectivity index (χ4v) is 1.20. The highest BCUT2D eigenvalue weighted by atomic mass is 16.6. The molecule has 0 radical (unpaired) electrons. The van der Waals surface area contributed by atoms with Crippen molar-refractivity contribution < 1.29 is 24.5 Å². The molecular weight excluding hydrogens is 224 g/mol. The standard InChI is InChI=1S/C12H16O5/c1-2-5-16-6-7-17-12(15)10-8-9(13)3-4-11(10)14/h3-4,8,13-14H,2,5-7H2,1H3. The van der Waals surface area contributed by atoms with Crippen LogP contribution in [0.25, 0.3) is 0 Å². The van der Waals surface area contributed by atoms with E-state index in [1.165, 1.54) is 12.1 Å². The number of hydrogen-bond donors (Lipinski definition) is 2. The Labute approximate surface area is 99.6 Å². The van der Waals surface area contributed by atoms with Crippen molar-refractivity contribution in [3.63, 3.8) is 0 Å². The van der Waals surface area contributed by atoms with Gasteiger partial charge < -0.3 is 19.7 Å². The molecule has 0 aromatic heterocycles. The minimum Gasteiger partial charge on any atom is -0.508 e. The van der Waals surface area contributed by atoms with E-state index in [0.29, 0.717) is 13.2 Å². The fourth-order valence-electron chi connectivity index (χ4n) is 1.20. The van der Waals surface area contributed by atoms with E-state index in [-0.39, 0.29) is 23.7 Å². The maximum Gasteiger partial charge on any atom is 0.342 e. The van der Waals surface area contributed by atoms with Gasteiger partial charge in [0.2, 0.25) is 0 Å². The number of aromatic hydroxyl groups is 2. The van der Waals surface area contributed by atoms with Crippen molar-refractivity contribution in [3.05, 3.63) is 23.8 Å². The molecule has 1 aromatic carbocycles. The zero-order chi connectivity index (χ0) is 12.7. The summed E-state index contributed by atoms with van der Waals surface area (Å²) in [6, 6.07) is 3.68. The van der Waals surface area contributed by atoms with Crippen molar-refractivity contribution in [2.75, 3.05) is 19.8 Å². The summed E-state index contributed by atoms with van der Waals surface area (Å²) in [6.45, 7) is 3.04. The van der Waals surface area contributed by atoms with Gasteiger partial charge in [0.1, 0.15) is 23.7 Å². The monoisotopic (exact) mass is 240 g/mol. The Balaban J connectivity index is 2.44. The molecule has 0 aliphatic heterocycles. The summed E-state index contributed by atoms with van der Waals surface area (Å²) >= 11 is 0. The van der Waals surface area contributed by atoms with E-state index >= 15 is 0 Å². The molecule has 0 heterocycles. The number of carbonyl (C=O) groups excluding carboxylic acids is 1. The minimum absolute atomic E-state index is 0.0551. The molecule has 1 rings (SSSR count). The molecule has 0 fully saturated rings. The molecule has 0 aliphatic rings. The van der Waals surface area contributed by atoms with E-state index in [2.05, 4.69) is 0 Å². The van der Waals surface area contributed by atoms with E-state index in [1.807, 2.05) is 6.92 Å². The zero-order valence-corrected chi connectivity index (χ0v) is 9.68. The number of phenols is 2. The highest BCUT2D eigenvalue weighted by Gasteiger charge is 2.13. The molecule has 5 heteroatoms. The van der Waals surface area contributed by atoms with Crippen LogP contribution in [0.2, 0.25) is 0 Å². The van der Waals surface area contributed by atoms with Crippen molar-refractivity contribution in [1.29, 1.82) is 0 Å². The predicted molar refractivity (Wildman–Crippen MR) is 61.2 cm³/mol. The van der Waals surface area contributed by atoms with Crippen LogP contribution in [0.5, 0.6) is 11.5 Å². The van der Waals surface area contributed by atoms with Crippen LogP contribution in [0.4, 0.5) is 0 Å². The molecule has 94 valence electrons. The summed E-state index contributed by atoms with van der Waals surface area (Å²) in [5.74, 6) is -1.00. The van der Waals surface area contributed by atoms with Gasteiger partial charge in [-0.15, -0.1) is 0 Å². The molecule has 1 aromatic rings. The quantitative estimate of drug-likeness (QED) is 0.449. The number of carbonyl (C=O) groups is 1. The van der Waals surface area contributed by atoms with E-state index < -0.39 is 5.97 Å². The van der Waals surface area contributed by atoms with Crippen LogP contribution in [0.3, 0.4) is 0 Å². The van der Waals surface area contributed by atoms with E-state index in [4.69, 9.17) is 9.47 Å². The van der Waals surface area contributed by atoms with E-state index in [9.17, 15) is 15.0 Å². The largest absolute Gasteiger partial charge is 0.508 e. The summed E-state index contributed by atoms with van der Waals surface area (Å²) in [6.07, 6.45) is 0.904. The maximum absolute atomic E-state index is 11.5. The molecule has 0 amide bonds. The van der Waals surface area contributed by atoms with Gasteiger partial charge in [0.15, 0.2) is 0 Å². The number of rotatable bonds is 6. The van der Waals surface area contributed by atoms with Crippen LogP contribution in [0.1, 0.15) is 23.7 Å². The average molecular weight is 240 g/mol. The van der Waals surface area contributed by atoms with Crippen molar-refractivity contribution in [2.45, 2.75) is 13.3 Å². The molecule has 0 aliphatic carbocycles. The van der Waals surface area contributed by atoms with Gasteiger partial charge in [-0.05, 0) is 24.6 Å². The normalized spacial score (nSPS) is 10.2. The van der Waals surface area contributed by atoms with Crippen molar-refractivity contribution >= 4 is 5.97 Å². The van der Waals surface area contributed by atoms with Crippen LogP contribution >= 0.6 is 0 Å². The first-order valence-corrected chi connectivity index (χ1v) is 5.42.